The molecule has 0 radical (unpaired) electrons. The quantitative estimate of drug-likeness (QED) is 0.306. The van der Waals surface area contributed by atoms with Gasteiger partial charge in [-0.2, -0.15) is 0 Å². The van der Waals surface area contributed by atoms with Crippen molar-refractivity contribution < 1.29 is 15.5 Å². The van der Waals surface area contributed by atoms with Crippen molar-refractivity contribution >= 4 is 18.1 Å². The highest BCUT2D eigenvalue weighted by atomic mass is 16.7. The van der Waals surface area contributed by atoms with Crippen LogP contribution in [-0.4, -0.2) is 25.9 Å². The number of phenolic OH excluding ortho intramolecular Hbond substituents is 1. The number of phenols is 1. The Morgan fingerprint density at radius 2 is 1.57 bits per heavy atom. The number of hydrogen-bond donors (Lipinski definition) is 4. The van der Waals surface area contributed by atoms with E-state index in [0.717, 1.165) is 6.20 Å². The van der Waals surface area contributed by atoms with Crippen molar-refractivity contribution in [2.24, 2.45) is 0 Å². The Morgan fingerprint density at radius 1 is 1.00 bits per heavy atom. The lowest BCUT2D eigenvalue weighted by Gasteiger charge is -2.23. The zero-order chi connectivity index (χ0) is 10.3. The molecule has 5 N–H and O–H groups in total. The number of rotatable bonds is 0. The van der Waals surface area contributed by atoms with E-state index in [0.29, 0.717) is 26.5 Å². The number of nitrogen functional groups attached to an aromatic ring is 1. The van der Waals surface area contributed by atoms with E-state index in [-0.39, 0.29) is 5.75 Å². The number of anilines is 1. The lowest BCUT2D eigenvalue weighted by atomic mass is 10.2. The number of nitrogens with zero attached hydrogens (tertiary/aromatic N) is 2. The van der Waals surface area contributed by atoms with Crippen LogP contribution >= 0.6 is 0 Å². The number of aromatic hydroxyl groups is 1. The van der Waals surface area contributed by atoms with Crippen molar-refractivity contribution in [3.63, 3.8) is 0 Å². The van der Waals surface area contributed by atoms with E-state index in [2.05, 4.69) is 0 Å². The predicted octanol–water partition coefficient (Wildman–Crippen LogP) is -1.24. The van der Waals surface area contributed by atoms with E-state index < -0.39 is 0 Å². The number of nitrogens with two attached hydrogens (primary N) is 1. The molecule has 1 aromatic rings. The maximum absolute atomic E-state index is 9.44. The first-order chi connectivity index (χ1) is 6.59. The molecule has 6 nitrogen and oxygen atoms in total. The van der Waals surface area contributed by atoms with Crippen LogP contribution in [0.5, 0.6) is 5.75 Å². The Balaban J connectivity index is 2.84. The minimum atomic E-state index is -0.0161. The number of benzene rings is 1. The zero-order valence-electron chi connectivity index (χ0n) is 7.12. The van der Waals surface area contributed by atoms with Gasteiger partial charge in [0, 0.05) is 16.1 Å². The molecule has 74 valence electrons. The number of fused-ring (bicyclic) bond motifs is 1. The normalized spacial score (nSPS) is 14.4. The molecule has 2 rings (SSSR count). The van der Waals surface area contributed by atoms with Crippen LogP contribution in [0, 0.1) is 0 Å². The van der Waals surface area contributed by atoms with Crippen molar-refractivity contribution in [3.8, 4) is 5.75 Å². The lowest BCUT2D eigenvalue weighted by Crippen LogP contribution is -2.42. The average Bonchev–Trinajstić information content (AvgIpc) is 2.15. The Morgan fingerprint density at radius 3 is 2.21 bits per heavy atom. The summed E-state index contributed by atoms with van der Waals surface area (Å²) in [4.78, 5) is 0. The smallest absolute Gasteiger partial charge is 0.125 e. The summed E-state index contributed by atoms with van der Waals surface area (Å²) in [6.45, 7) is 0. The van der Waals surface area contributed by atoms with Crippen LogP contribution in [-0.2, 0) is 0 Å². The van der Waals surface area contributed by atoms with Crippen LogP contribution in [0.3, 0.4) is 0 Å². The summed E-state index contributed by atoms with van der Waals surface area (Å²) in [6.07, 6.45) is 2.35. The van der Waals surface area contributed by atoms with Crippen LogP contribution in [0.2, 0.25) is 0 Å². The molecule has 0 aliphatic carbocycles. The molecule has 0 saturated carbocycles. The van der Waals surface area contributed by atoms with Gasteiger partial charge in [0.05, 0.1) is 12.4 Å². The molecule has 0 saturated heterocycles. The Kier molecular flexibility index (Phi) is 1.73. The van der Waals surface area contributed by atoms with Gasteiger partial charge in [-0.15, -0.1) is 10.3 Å². The topological polar surface area (TPSA) is 93.2 Å². The monoisotopic (exact) mass is 195 g/mol. The molecular formula is C8H9N3O3. The number of hydrogen-bond acceptors (Lipinski definition) is 6. The van der Waals surface area contributed by atoms with Gasteiger partial charge in [0.1, 0.15) is 5.75 Å². The summed E-state index contributed by atoms with van der Waals surface area (Å²) in [7, 11) is 0. The predicted molar refractivity (Wildman–Crippen MR) is 48.0 cm³/mol. The van der Waals surface area contributed by atoms with Crippen molar-refractivity contribution in [3.05, 3.63) is 22.6 Å². The van der Waals surface area contributed by atoms with Crippen molar-refractivity contribution in [2.45, 2.75) is 0 Å². The van der Waals surface area contributed by atoms with E-state index in [4.69, 9.17) is 16.1 Å². The molecule has 1 aliphatic rings. The molecule has 1 aromatic carbocycles. The maximum atomic E-state index is 9.44. The summed E-state index contributed by atoms with van der Waals surface area (Å²) >= 11 is 0. The largest absolute Gasteiger partial charge is 0.507 e. The summed E-state index contributed by atoms with van der Waals surface area (Å²) in [5.41, 5.74) is 6.02. The van der Waals surface area contributed by atoms with Crippen molar-refractivity contribution in [1.82, 2.24) is 10.3 Å². The minimum Gasteiger partial charge on any atom is -0.507 e. The standard InChI is InChI=1S/C8H9N3O3/c9-7-1-2-8(12)6-4-11(14)10(13)3-5(6)7/h1-4,12-14H,9H2. The molecular weight excluding hydrogens is 186 g/mol. The van der Waals surface area contributed by atoms with Gasteiger partial charge in [-0.1, -0.05) is 0 Å². The van der Waals surface area contributed by atoms with Crippen LogP contribution in [0.4, 0.5) is 5.69 Å². The molecule has 0 amide bonds. The van der Waals surface area contributed by atoms with Crippen LogP contribution < -0.4 is 16.2 Å². The molecule has 0 spiro atoms. The van der Waals surface area contributed by atoms with Gasteiger partial charge in [0.15, 0.2) is 0 Å². The average molecular weight is 195 g/mol. The summed E-state index contributed by atoms with van der Waals surface area (Å²) < 4.78 is 0. The first-order valence-corrected chi connectivity index (χ1v) is 3.87. The van der Waals surface area contributed by atoms with E-state index >= 15 is 0 Å². The highest BCUT2D eigenvalue weighted by Crippen LogP contribution is 2.04. The Hall–Kier alpha value is -1.92. The number of hydrazine groups is 1. The second-order valence-electron chi connectivity index (χ2n) is 2.90. The lowest BCUT2D eigenvalue weighted by molar-refractivity contribution is -0.287. The molecule has 6 heteroatoms. The summed E-state index contributed by atoms with van der Waals surface area (Å²) in [5.74, 6) is -0.0161. The number of hydroxylamine groups is 2. The molecule has 1 heterocycles. The zero-order valence-corrected chi connectivity index (χ0v) is 7.12. The van der Waals surface area contributed by atoms with Crippen molar-refractivity contribution in [2.75, 3.05) is 5.73 Å². The minimum absolute atomic E-state index is 0.0161. The van der Waals surface area contributed by atoms with Gasteiger partial charge in [-0.3, -0.25) is 10.4 Å². The fourth-order valence-corrected chi connectivity index (χ4v) is 1.27. The van der Waals surface area contributed by atoms with Gasteiger partial charge in [-0.05, 0) is 12.1 Å². The third kappa shape index (κ3) is 1.13. The summed E-state index contributed by atoms with van der Waals surface area (Å²) in [6, 6.07) is 2.93. The van der Waals surface area contributed by atoms with Gasteiger partial charge in [0.25, 0.3) is 0 Å². The Bertz CT molecular complexity index is 440. The van der Waals surface area contributed by atoms with Gasteiger partial charge in [0.2, 0.25) is 0 Å². The third-order valence-corrected chi connectivity index (χ3v) is 2.00. The molecule has 0 fully saturated rings. The first kappa shape index (κ1) is 8.67. The Labute approximate surface area is 78.9 Å². The molecule has 0 bridgehead atoms. The maximum Gasteiger partial charge on any atom is 0.125 e. The van der Waals surface area contributed by atoms with Crippen molar-refractivity contribution in [1.29, 1.82) is 0 Å². The SMILES string of the molecule is Nc1ccc(O)c2c1=CN(O)N(O)C=2. The van der Waals surface area contributed by atoms with Crippen LogP contribution in [0.1, 0.15) is 0 Å². The highest BCUT2D eigenvalue weighted by molar-refractivity contribution is 5.52. The van der Waals surface area contributed by atoms with Crippen LogP contribution in [0.25, 0.3) is 12.4 Å². The molecule has 0 aromatic heterocycles. The van der Waals surface area contributed by atoms with Crippen LogP contribution in [0.15, 0.2) is 12.1 Å². The van der Waals surface area contributed by atoms with Gasteiger partial charge in [-0.25, -0.2) is 0 Å². The second-order valence-corrected chi connectivity index (χ2v) is 2.90. The summed E-state index contributed by atoms with van der Waals surface area (Å²) in [5, 5.41) is 29.4. The van der Waals surface area contributed by atoms with Gasteiger partial charge >= 0.3 is 0 Å². The second kappa shape index (κ2) is 2.79. The third-order valence-electron chi connectivity index (χ3n) is 2.00. The molecule has 1 aliphatic heterocycles. The molecule has 0 unspecified atom stereocenters. The molecule has 0 atom stereocenters. The fourth-order valence-electron chi connectivity index (χ4n) is 1.27. The first-order valence-electron chi connectivity index (χ1n) is 3.87. The van der Waals surface area contributed by atoms with E-state index in [1.807, 2.05) is 0 Å². The fraction of sp³-hybridized carbons (Fsp3) is 0. The van der Waals surface area contributed by atoms with E-state index in [1.54, 1.807) is 0 Å². The molecule has 14 heavy (non-hydrogen) atoms. The van der Waals surface area contributed by atoms with E-state index in [9.17, 15) is 5.11 Å². The van der Waals surface area contributed by atoms with Gasteiger partial charge < -0.3 is 10.8 Å². The highest BCUT2D eigenvalue weighted by Gasteiger charge is 2.10. The van der Waals surface area contributed by atoms with E-state index in [1.165, 1.54) is 18.3 Å².